The first-order chi connectivity index (χ1) is 7.65. The van der Waals surface area contributed by atoms with Gasteiger partial charge in [-0.15, -0.1) is 0 Å². The number of rotatable bonds is 2. The number of hydrogen-bond donors (Lipinski definition) is 0. The maximum absolute atomic E-state index is 5.94. The average molecular weight is 290 g/mol. The third kappa shape index (κ3) is 3.08. The summed E-state index contributed by atoms with van der Waals surface area (Å²) in [5.41, 5.74) is 0. The van der Waals surface area contributed by atoms with Crippen molar-refractivity contribution in [2.45, 2.75) is 9.79 Å². The predicted molar refractivity (Wildman–Crippen MR) is 72.0 cm³/mol. The fourth-order valence-electron chi connectivity index (χ4n) is 1.18. The van der Waals surface area contributed by atoms with E-state index in [2.05, 4.69) is 0 Å². The van der Waals surface area contributed by atoms with Gasteiger partial charge >= 0.3 is 0 Å². The minimum absolute atomic E-state index is 0.570. The Balaban J connectivity index is 2.20. The van der Waals surface area contributed by atoms with Crippen molar-refractivity contribution in [3.8, 4) is 0 Å². The van der Waals surface area contributed by atoms with E-state index in [-0.39, 0.29) is 0 Å². The van der Waals surface area contributed by atoms with Gasteiger partial charge in [-0.3, -0.25) is 0 Å². The van der Waals surface area contributed by atoms with E-state index in [1.54, 1.807) is 17.8 Å². The molecule has 0 unspecified atom stereocenters. The van der Waals surface area contributed by atoms with Crippen LogP contribution in [-0.2, 0) is 0 Å². The van der Waals surface area contributed by atoms with Gasteiger partial charge in [0.1, 0.15) is 0 Å². The highest BCUT2D eigenvalue weighted by molar-refractivity contribution is 7.99. The molecule has 0 atom stereocenters. The van der Waals surface area contributed by atoms with Crippen molar-refractivity contribution in [2.24, 2.45) is 0 Å². The molecule has 2 rings (SSSR count). The van der Waals surface area contributed by atoms with Gasteiger partial charge in [-0.1, -0.05) is 46.6 Å². The van der Waals surface area contributed by atoms with Crippen molar-refractivity contribution < 1.29 is 0 Å². The number of hydrogen-bond acceptors (Lipinski definition) is 1. The van der Waals surface area contributed by atoms with Gasteiger partial charge in [-0.05, 0) is 42.5 Å². The highest BCUT2D eigenvalue weighted by atomic mass is 35.5. The van der Waals surface area contributed by atoms with E-state index in [1.165, 1.54) is 0 Å². The van der Waals surface area contributed by atoms with Gasteiger partial charge in [0.25, 0.3) is 0 Å². The van der Waals surface area contributed by atoms with Gasteiger partial charge < -0.3 is 0 Å². The molecular weight excluding hydrogens is 283 g/mol. The van der Waals surface area contributed by atoms with E-state index >= 15 is 0 Å². The third-order valence-electron chi connectivity index (χ3n) is 1.94. The van der Waals surface area contributed by atoms with Gasteiger partial charge in [-0.2, -0.15) is 0 Å². The van der Waals surface area contributed by atoms with Crippen LogP contribution in [0, 0.1) is 0 Å². The van der Waals surface area contributed by atoms with E-state index < -0.39 is 0 Å². The lowest BCUT2D eigenvalue weighted by Crippen LogP contribution is -1.75. The minimum atomic E-state index is 0.570. The van der Waals surface area contributed by atoms with Crippen LogP contribution < -0.4 is 0 Å². The first-order valence-corrected chi connectivity index (χ1v) is 6.48. The summed E-state index contributed by atoms with van der Waals surface area (Å²) in [7, 11) is 0. The van der Waals surface area contributed by atoms with Crippen LogP contribution in [0.25, 0.3) is 0 Å². The largest absolute Gasteiger partial charge is 0.0900 e. The zero-order valence-electron chi connectivity index (χ0n) is 8.08. The third-order valence-corrected chi connectivity index (χ3v) is 3.93. The van der Waals surface area contributed by atoms with E-state index in [1.807, 2.05) is 36.4 Å². The second-order valence-corrected chi connectivity index (χ2v) is 5.53. The summed E-state index contributed by atoms with van der Waals surface area (Å²) < 4.78 is 0. The van der Waals surface area contributed by atoms with E-state index in [4.69, 9.17) is 34.8 Å². The van der Waals surface area contributed by atoms with Crippen LogP contribution in [0.2, 0.25) is 15.1 Å². The van der Waals surface area contributed by atoms with Crippen LogP contribution in [-0.4, -0.2) is 0 Å². The molecule has 0 aliphatic heterocycles. The Hall–Kier alpha value is -0.340. The summed E-state index contributed by atoms with van der Waals surface area (Å²) in [5.74, 6) is 0. The monoisotopic (exact) mass is 288 g/mol. The maximum Gasteiger partial charge on any atom is 0.0603 e. The summed E-state index contributed by atoms with van der Waals surface area (Å²) in [5, 5.41) is 1.88. The molecule has 0 amide bonds. The Morgan fingerprint density at radius 3 is 1.94 bits per heavy atom. The quantitative estimate of drug-likeness (QED) is 0.673. The van der Waals surface area contributed by atoms with Crippen molar-refractivity contribution in [3.63, 3.8) is 0 Å². The molecule has 2 aromatic rings. The molecule has 0 fully saturated rings. The zero-order valence-corrected chi connectivity index (χ0v) is 11.2. The minimum Gasteiger partial charge on any atom is -0.0900 e. The fraction of sp³-hybridized carbons (Fsp3) is 0. The van der Waals surface area contributed by atoms with E-state index in [9.17, 15) is 0 Å². The smallest absolute Gasteiger partial charge is 0.0603 e. The Morgan fingerprint density at radius 1 is 0.688 bits per heavy atom. The van der Waals surface area contributed by atoms with Crippen molar-refractivity contribution >= 4 is 46.6 Å². The summed E-state index contributed by atoms with van der Waals surface area (Å²) >= 11 is 19.2. The second-order valence-electron chi connectivity index (χ2n) is 3.13. The molecule has 0 radical (unpaired) electrons. The Morgan fingerprint density at radius 2 is 1.31 bits per heavy atom. The van der Waals surface area contributed by atoms with E-state index in [0.29, 0.717) is 10.0 Å². The van der Waals surface area contributed by atoms with Gasteiger partial charge in [0.15, 0.2) is 0 Å². The summed E-state index contributed by atoms with van der Waals surface area (Å²) in [6, 6.07) is 13.2. The number of halogens is 3. The maximum atomic E-state index is 5.94. The molecule has 0 nitrogen and oxygen atoms in total. The van der Waals surface area contributed by atoms with Crippen LogP contribution in [0.1, 0.15) is 0 Å². The van der Waals surface area contributed by atoms with Gasteiger partial charge in [-0.25, -0.2) is 0 Å². The highest BCUT2D eigenvalue weighted by Gasteiger charge is 2.01. The molecule has 0 aliphatic carbocycles. The zero-order chi connectivity index (χ0) is 11.5. The Kier molecular flexibility index (Phi) is 4.04. The lowest BCUT2D eigenvalue weighted by Gasteiger charge is -2.03. The van der Waals surface area contributed by atoms with E-state index in [0.717, 1.165) is 14.8 Å². The van der Waals surface area contributed by atoms with Gasteiger partial charge in [0.05, 0.1) is 10.0 Å². The van der Waals surface area contributed by atoms with Crippen LogP contribution >= 0.6 is 46.6 Å². The topological polar surface area (TPSA) is 0 Å². The molecule has 0 heterocycles. The van der Waals surface area contributed by atoms with Crippen LogP contribution in [0.15, 0.2) is 52.3 Å². The molecule has 0 saturated carbocycles. The van der Waals surface area contributed by atoms with Crippen LogP contribution in [0.4, 0.5) is 0 Å². The molecule has 4 heteroatoms. The lowest BCUT2D eigenvalue weighted by molar-refractivity contribution is 1.41. The lowest BCUT2D eigenvalue weighted by atomic mass is 10.4. The molecule has 2 aromatic carbocycles. The molecule has 0 aromatic heterocycles. The SMILES string of the molecule is Clc1ccc(Sc2ccc(Cl)c(Cl)c2)cc1. The van der Waals surface area contributed by atoms with Crippen molar-refractivity contribution in [1.29, 1.82) is 0 Å². The predicted octanol–water partition coefficient (Wildman–Crippen LogP) is 5.80. The molecule has 0 aliphatic rings. The average Bonchev–Trinajstić information content (AvgIpc) is 2.27. The normalized spacial score (nSPS) is 10.4. The molecule has 82 valence electrons. The van der Waals surface area contributed by atoms with Crippen molar-refractivity contribution in [3.05, 3.63) is 57.5 Å². The first-order valence-electron chi connectivity index (χ1n) is 4.53. The summed E-state index contributed by atoms with van der Waals surface area (Å²) in [6.07, 6.45) is 0. The van der Waals surface area contributed by atoms with Gasteiger partial charge in [0, 0.05) is 14.8 Å². The molecule has 0 bridgehead atoms. The number of benzene rings is 2. The van der Waals surface area contributed by atoms with Crippen molar-refractivity contribution in [2.75, 3.05) is 0 Å². The highest BCUT2D eigenvalue weighted by Crippen LogP contribution is 2.32. The van der Waals surface area contributed by atoms with Crippen LogP contribution in [0.5, 0.6) is 0 Å². The molecule has 0 N–H and O–H groups in total. The molecule has 16 heavy (non-hydrogen) atoms. The molecule has 0 saturated heterocycles. The van der Waals surface area contributed by atoms with Crippen LogP contribution in [0.3, 0.4) is 0 Å². The Labute approximate surface area is 114 Å². The Bertz CT molecular complexity index is 494. The first kappa shape index (κ1) is 12.1. The van der Waals surface area contributed by atoms with Gasteiger partial charge in [0.2, 0.25) is 0 Å². The van der Waals surface area contributed by atoms with Crippen molar-refractivity contribution in [1.82, 2.24) is 0 Å². The fourth-order valence-corrected chi connectivity index (χ4v) is 2.53. The summed E-state index contributed by atoms with van der Waals surface area (Å²) in [4.78, 5) is 2.17. The second kappa shape index (κ2) is 5.33. The standard InChI is InChI=1S/C12H7Cl3S/c13-8-1-3-9(4-2-8)16-10-5-6-11(14)12(15)7-10/h1-7H. The molecular formula is C12H7Cl3S. The molecule has 0 spiro atoms. The summed E-state index contributed by atoms with van der Waals surface area (Å²) in [6.45, 7) is 0.